The number of alkyl halides is 3. The molecule has 0 saturated carbocycles. The third kappa shape index (κ3) is 6.32. The van der Waals surface area contributed by atoms with E-state index < -0.39 is 17.3 Å². The average molecular weight is 384 g/mol. The minimum absolute atomic E-state index is 0.0373. The molecule has 5 nitrogen and oxygen atoms in total. The largest absolute Gasteiger partial charge is 0.483 e. The van der Waals surface area contributed by atoms with Crippen molar-refractivity contribution in [3.8, 4) is 5.75 Å². The van der Waals surface area contributed by atoms with E-state index in [1.165, 1.54) is 24.3 Å². The summed E-state index contributed by atoms with van der Waals surface area (Å²) in [7, 11) is 0. The SMILES string of the molecule is Cc1ccccc1OCC(=O)NNC(=O)c1ccc(SC(F)(F)F)cc1. The van der Waals surface area contributed by atoms with Crippen LogP contribution in [0.4, 0.5) is 13.2 Å². The Morgan fingerprint density at radius 3 is 2.31 bits per heavy atom. The van der Waals surface area contributed by atoms with Gasteiger partial charge in [0.15, 0.2) is 6.61 Å². The summed E-state index contributed by atoms with van der Waals surface area (Å²) in [5, 5.41) is 0. The van der Waals surface area contributed by atoms with Crippen molar-refractivity contribution in [2.45, 2.75) is 17.3 Å². The third-order valence-corrected chi connectivity index (χ3v) is 3.86. The van der Waals surface area contributed by atoms with Crippen LogP contribution >= 0.6 is 11.8 Å². The summed E-state index contributed by atoms with van der Waals surface area (Å²) in [6, 6.07) is 12.0. The smallest absolute Gasteiger partial charge is 0.446 e. The van der Waals surface area contributed by atoms with Crippen molar-refractivity contribution in [1.29, 1.82) is 0 Å². The molecule has 0 fully saturated rings. The molecule has 2 N–H and O–H groups in total. The number of para-hydroxylation sites is 1. The molecular weight excluding hydrogens is 369 g/mol. The van der Waals surface area contributed by atoms with Crippen molar-refractivity contribution >= 4 is 23.6 Å². The summed E-state index contributed by atoms with van der Waals surface area (Å²) in [6.07, 6.45) is 0. The number of hydrogen-bond acceptors (Lipinski definition) is 4. The normalized spacial score (nSPS) is 10.9. The fraction of sp³-hybridized carbons (Fsp3) is 0.176. The zero-order valence-corrected chi connectivity index (χ0v) is 14.4. The quantitative estimate of drug-likeness (QED) is 0.612. The van der Waals surface area contributed by atoms with Gasteiger partial charge in [0.2, 0.25) is 0 Å². The summed E-state index contributed by atoms with van der Waals surface area (Å²) in [4.78, 5) is 23.5. The summed E-state index contributed by atoms with van der Waals surface area (Å²) >= 11 is -0.273. The Kier molecular flexibility index (Phi) is 6.51. The lowest BCUT2D eigenvalue weighted by molar-refractivity contribution is -0.123. The molecule has 0 saturated heterocycles. The van der Waals surface area contributed by atoms with Crippen LogP contribution in [0.5, 0.6) is 5.75 Å². The molecular formula is C17H15F3N2O3S. The highest BCUT2D eigenvalue weighted by Crippen LogP contribution is 2.36. The van der Waals surface area contributed by atoms with Crippen molar-refractivity contribution in [1.82, 2.24) is 10.9 Å². The Bertz CT molecular complexity index is 780. The van der Waals surface area contributed by atoms with Crippen LogP contribution in [0.25, 0.3) is 0 Å². The number of hydrazine groups is 1. The zero-order valence-electron chi connectivity index (χ0n) is 13.6. The zero-order chi connectivity index (χ0) is 19.2. The maximum Gasteiger partial charge on any atom is 0.446 e. The summed E-state index contributed by atoms with van der Waals surface area (Å²) in [5.41, 5.74) is 0.921. The first kappa shape index (κ1) is 19.6. The van der Waals surface area contributed by atoms with Crippen molar-refractivity contribution < 1.29 is 27.5 Å². The lowest BCUT2D eigenvalue weighted by Crippen LogP contribution is -2.43. The fourth-order valence-electron chi connectivity index (χ4n) is 1.90. The van der Waals surface area contributed by atoms with Gasteiger partial charge < -0.3 is 4.74 Å². The molecule has 2 amide bonds. The van der Waals surface area contributed by atoms with Crippen LogP contribution in [0, 0.1) is 6.92 Å². The Balaban J connectivity index is 1.80. The summed E-state index contributed by atoms with van der Waals surface area (Å²) in [5.74, 6) is -0.685. The number of halogens is 3. The van der Waals surface area contributed by atoms with Gasteiger partial charge in [0.1, 0.15) is 5.75 Å². The van der Waals surface area contributed by atoms with E-state index in [0.29, 0.717) is 5.75 Å². The fourth-order valence-corrected chi connectivity index (χ4v) is 2.44. The van der Waals surface area contributed by atoms with E-state index in [0.717, 1.165) is 5.56 Å². The van der Waals surface area contributed by atoms with E-state index in [4.69, 9.17) is 4.74 Å². The second-order valence-electron chi connectivity index (χ2n) is 5.13. The number of benzene rings is 2. The van der Waals surface area contributed by atoms with Gasteiger partial charge in [-0.05, 0) is 54.6 Å². The van der Waals surface area contributed by atoms with Gasteiger partial charge >= 0.3 is 5.51 Å². The maximum atomic E-state index is 12.3. The molecule has 0 spiro atoms. The highest BCUT2D eigenvalue weighted by atomic mass is 32.2. The first-order valence-electron chi connectivity index (χ1n) is 7.38. The van der Waals surface area contributed by atoms with E-state index in [1.807, 2.05) is 19.1 Å². The number of hydrogen-bond donors (Lipinski definition) is 2. The number of carbonyl (C=O) groups is 2. The summed E-state index contributed by atoms with van der Waals surface area (Å²) in [6.45, 7) is 1.53. The molecule has 9 heteroatoms. The third-order valence-electron chi connectivity index (χ3n) is 3.12. The molecule has 0 aliphatic heterocycles. The van der Waals surface area contributed by atoms with Gasteiger partial charge in [0.05, 0.1) is 0 Å². The first-order valence-corrected chi connectivity index (χ1v) is 8.20. The molecule has 0 aromatic heterocycles. The number of amides is 2. The van der Waals surface area contributed by atoms with Crippen LogP contribution in [-0.4, -0.2) is 23.9 Å². The first-order chi connectivity index (χ1) is 12.2. The minimum atomic E-state index is -4.39. The van der Waals surface area contributed by atoms with Gasteiger partial charge in [0.25, 0.3) is 11.8 Å². The molecule has 2 aromatic carbocycles. The highest BCUT2D eigenvalue weighted by Gasteiger charge is 2.29. The monoisotopic (exact) mass is 384 g/mol. The van der Waals surface area contributed by atoms with Gasteiger partial charge in [-0.25, -0.2) is 0 Å². The van der Waals surface area contributed by atoms with E-state index in [2.05, 4.69) is 10.9 Å². The molecule has 0 bridgehead atoms. The van der Waals surface area contributed by atoms with E-state index in [1.54, 1.807) is 12.1 Å². The number of thioether (sulfide) groups is 1. The number of rotatable bonds is 5. The minimum Gasteiger partial charge on any atom is -0.483 e. The Morgan fingerprint density at radius 2 is 1.69 bits per heavy atom. The van der Waals surface area contributed by atoms with Gasteiger partial charge in [-0.1, -0.05) is 18.2 Å². The molecule has 0 aliphatic carbocycles. The van der Waals surface area contributed by atoms with Gasteiger partial charge in [0, 0.05) is 10.5 Å². The van der Waals surface area contributed by atoms with Gasteiger partial charge in [-0.3, -0.25) is 20.4 Å². The molecule has 0 radical (unpaired) electrons. The molecule has 138 valence electrons. The van der Waals surface area contributed by atoms with Crippen molar-refractivity contribution in [3.05, 3.63) is 59.7 Å². The Labute approximate surface area is 151 Å². The molecule has 0 unspecified atom stereocenters. The standard InChI is InChI=1S/C17H15F3N2O3S/c1-11-4-2-3-5-14(11)25-10-15(23)21-22-16(24)12-6-8-13(9-7-12)26-17(18,19)20/h2-9H,10H2,1H3,(H,21,23)(H,22,24). The number of ether oxygens (including phenoxy) is 1. The lowest BCUT2D eigenvalue weighted by Gasteiger charge is -2.10. The Morgan fingerprint density at radius 1 is 1.04 bits per heavy atom. The predicted molar refractivity (Wildman–Crippen MR) is 90.6 cm³/mol. The number of aryl methyl sites for hydroxylation is 1. The van der Waals surface area contributed by atoms with E-state index >= 15 is 0 Å². The molecule has 2 rings (SSSR count). The van der Waals surface area contributed by atoms with Gasteiger partial charge in [-0.2, -0.15) is 13.2 Å². The maximum absolute atomic E-state index is 12.3. The van der Waals surface area contributed by atoms with Crippen LogP contribution in [0.1, 0.15) is 15.9 Å². The highest BCUT2D eigenvalue weighted by molar-refractivity contribution is 8.00. The lowest BCUT2D eigenvalue weighted by atomic mass is 10.2. The molecule has 0 atom stereocenters. The van der Waals surface area contributed by atoms with Crippen LogP contribution in [0.15, 0.2) is 53.4 Å². The van der Waals surface area contributed by atoms with E-state index in [-0.39, 0.29) is 28.8 Å². The van der Waals surface area contributed by atoms with Crippen molar-refractivity contribution in [3.63, 3.8) is 0 Å². The van der Waals surface area contributed by atoms with Crippen LogP contribution < -0.4 is 15.6 Å². The van der Waals surface area contributed by atoms with Crippen molar-refractivity contribution in [2.24, 2.45) is 0 Å². The second-order valence-corrected chi connectivity index (χ2v) is 6.27. The molecule has 26 heavy (non-hydrogen) atoms. The molecule has 2 aromatic rings. The topological polar surface area (TPSA) is 67.4 Å². The molecule has 0 aliphatic rings. The van der Waals surface area contributed by atoms with Crippen molar-refractivity contribution in [2.75, 3.05) is 6.61 Å². The van der Waals surface area contributed by atoms with Crippen LogP contribution in [-0.2, 0) is 4.79 Å². The number of nitrogens with one attached hydrogen (secondary N) is 2. The van der Waals surface area contributed by atoms with Crippen LogP contribution in [0.2, 0.25) is 0 Å². The molecule has 0 heterocycles. The van der Waals surface area contributed by atoms with Crippen LogP contribution in [0.3, 0.4) is 0 Å². The Hall–Kier alpha value is -2.68. The predicted octanol–water partition coefficient (Wildman–Crippen LogP) is 3.45. The number of carbonyl (C=O) groups excluding carboxylic acids is 2. The summed E-state index contributed by atoms with van der Waals surface area (Å²) < 4.78 is 42.1. The second kappa shape index (κ2) is 8.61. The van der Waals surface area contributed by atoms with Gasteiger partial charge in [-0.15, -0.1) is 0 Å². The average Bonchev–Trinajstić information content (AvgIpc) is 2.58. The van der Waals surface area contributed by atoms with E-state index in [9.17, 15) is 22.8 Å².